The van der Waals surface area contributed by atoms with E-state index >= 15 is 0 Å². The van der Waals surface area contributed by atoms with Gasteiger partial charge in [0.15, 0.2) is 0 Å². The van der Waals surface area contributed by atoms with Crippen LogP contribution in [0.1, 0.15) is 49.4 Å². The molecule has 164 valence electrons. The summed E-state index contributed by atoms with van der Waals surface area (Å²) >= 11 is 1.48. The normalized spacial score (nSPS) is 13.8. The maximum Gasteiger partial charge on any atom is 0.263 e. The van der Waals surface area contributed by atoms with Gasteiger partial charge < -0.3 is 26.3 Å². The molecule has 0 saturated carbocycles. The first-order valence-corrected chi connectivity index (χ1v) is 10.9. The Hall–Kier alpha value is -3.20. The van der Waals surface area contributed by atoms with Crippen molar-refractivity contribution in [3.05, 3.63) is 50.7 Å². The molecule has 9 heteroatoms. The molecule has 0 spiro atoms. The van der Waals surface area contributed by atoms with Gasteiger partial charge in [-0.25, -0.2) is 0 Å². The van der Waals surface area contributed by atoms with E-state index in [1.807, 2.05) is 13.0 Å². The molecule has 3 rings (SSSR count). The lowest BCUT2D eigenvalue weighted by Crippen LogP contribution is -2.49. The third-order valence-electron chi connectivity index (χ3n) is 5.31. The van der Waals surface area contributed by atoms with E-state index in [1.165, 1.54) is 17.4 Å². The molecule has 0 fully saturated rings. The molecule has 1 aromatic carbocycles. The van der Waals surface area contributed by atoms with Crippen LogP contribution in [0, 0.1) is 5.41 Å². The Balaban J connectivity index is 1.70. The van der Waals surface area contributed by atoms with Gasteiger partial charge in [-0.3, -0.25) is 14.4 Å². The van der Waals surface area contributed by atoms with Crippen LogP contribution >= 0.6 is 11.3 Å². The average Bonchev–Trinajstić information content (AvgIpc) is 3.19. The van der Waals surface area contributed by atoms with Gasteiger partial charge in [0.2, 0.25) is 5.91 Å². The lowest BCUT2D eigenvalue weighted by Gasteiger charge is -2.30. The fourth-order valence-corrected chi connectivity index (χ4v) is 4.67. The first kappa shape index (κ1) is 22.5. The Morgan fingerprint density at radius 3 is 2.71 bits per heavy atom. The van der Waals surface area contributed by atoms with E-state index in [0.29, 0.717) is 47.6 Å². The summed E-state index contributed by atoms with van der Waals surface area (Å²) < 4.78 is 0. The number of fused-ring (bicyclic) bond motifs is 1. The summed E-state index contributed by atoms with van der Waals surface area (Å²) in [5, 5.41) is 10.2. The SMILES string of the molecule is CC[C@@H](NC(=O)c1ccc(N)c(C=N)c1)C(=O)N1CCc2sc(C(=O)N(C)C)cc2C1. The molecular weight excluding hydrogens is 414 g/mol. The predicted octanol–water partition coefficient (Wildman–Crippen LogP) is 2.12. The van der Waals surface area contributed by atoms with Gasteiger partial charge in [-0.2, -0.15) is 0 Å². The molecule has 31 heavy (non-hydrogen) atoms. The Kier molecular flexibility index (Phi) is 6.74. The molecule has 2 aromatic rings. The van der Waals surface area contributed by atoms with Crippen molar-refractivity contribution in [1.82, 2.24) is 15.1 Å². The summed E-state index contributed by atoms with van der Waals surface area (Å²) in [6.07, 6.45) is 2.24. The molecule has 0 unspecified atom stereocenters. The summed E-state index contributed by atoms with van der Waals surface area (Å²) in [7, 11) is 3.44. The first-order chi connectivity index (χ1) is 14.7. The number of benzene rings is 1. The molecule has 8 nitrogen and oxygen atoms in total. The highest BCUT2D eigenvalue weighted by Gasteiger charge is 2.29. The minimum absolute atomic E-state index is 0.0382. The molecule has 4 N–H and O–H groups in total. The van der Waals surface area contributed by atoms with Crippen molar-refractivity contribution in [1.29, 1.82) is 5.41 Å². The highest BCUT2D eigenvalue weighted by atomic mass is 32.1. The molecule has 1 aliphatic rings. The smallest absolute Gasteiger partial charge is 0.263 e. The third-order valence-corrected chi connectivity index (χ3v) is 6.54. The number of nitrogens with zero attached hydrogens (tertiary/aromatic N) is 2. The van der Waals surface area contributed by atoms with Crippen molar-refractivity contribution >= 4 is 41.0 Å². The van der Waals surface area contributed by atoms with Crippen LogP contribution in [0.25, 0.3) is 0 Å². The molecule has 0 radical (unpaired) electrons. The molecule has 3 amide bonds. The Morgan fingerprint density at radius 1 is 1.32 bits per heavy atom. The summed E-state index contributed by atoms with van der Waals surface area (Å²) in [5.74, 6) is -0.560. The van der Waals surface area contributed by atoms with E-state index in [1.54, 1.807) is 36.0 Å². The fraction of sp³-hybridized carbons (Fsp3) is 0.364. The standard InChI is InChI=1S/C22H27N5O3S/c1-4-17(25-20(28)13-5-6-16(24)14(9-13)11-23)21(29)27-8-7-18-15(12-27)10-19(31-18)22(30)26(2)3/h5-6,9-11,17,23H,4,7-8,12,24H2,1-3H3,(H,25,28)/t17-/m1/s1. The van der Waals surface area contributed by atoms with Crippen molar-refractivity contribution in [2.45, 2.75) is 32.4 Å². The number of carbonyl (C=O) groups excluding carboxylic acids is 3. The van der Waals surface area contributed by atoms with E-state index in [-0.39, 0.29) is 17.7 Å². The van der Waals surface area contributed by atoms with Gasteiger partial charge in [-0.05, 0) is 42.7 Å². The van der Waals surface area contributed by atoms with Crippen molar-refractivity contribution in [2.24, 2.45) is 0 Å². The van der Waals surface area contributed by atoms with E-state index in [2.05, 4.69) is 5.32 Å². The molecule has 2 heterocycles. The number of anilines is 1. The van der Waals surface area contributed by atoms with Crippen LogP contribution in [0.15, 0.2) is 24.3 Å². The number of rotatable bonds is 6. The number of nitrogen functional groups attached to an aromatic ring is 1. The molecule has 0 saturated heterocycles. The van der Waals surface area contributed by atoms with Crippen LogP contribution in [-0.4, -0.2) is 60.4 Å². The topological polar surface area (TPSA) is 120 Å². The van der Waals surface area contributed by atoms with E-state index < -0.39 is 6.04 Å². The monoisotopic (exact) mass is 441 g/mol. The van der Waals surface area contributed by atoms with E-state index in [9.17, 15) is 14.4 Å². The number of hydrogen-bond donors (Lipinski definition) is 3. The molecular formula is C22H27N5O3S. The second-order valence-electron chi connectivity index (χ2n) is 7.69. The maximum absolute atomic E-state index is 13.1. The van der Waals surface area contributed by atoms with Crippen LogP contribution in [0.2, 0.25) is 0 Å². The minimum Gasteiger partial charge on any atom is -0.398 e. The first-order valence-electron chi connectivity index (χ1n) is 10.1. The van der Waals surface area contributed by atoms with E-state index in [0.717, 1.165) is 16.7 Å². The fourth-order valence-electron chi connectivity index (χ4n) is 3.49. The average molecular weight is 442 g/mol. The van der Waals surface area contributed by atoms with Crippen molar-refractivity contribution in [3.63, 3.8) is 0 Å². The number of hydrogen-bond acceptors (Lipinski definition) is 6. The van der Waals surface area contributed by atoms with Crippen molar-refractivity contribution in [2.75, 3.05) is 26.4 Å². The van der Waals surface area contributed by atoms with Crippen LogP contribution in [0.4, 0.5) is 5.69 Å². The highest BCUT2D eigenvalue weighted by Crippen LogP contribution is 2.29. The lowest BCUT2D eigenvalue weighted by molar-refractivity contribution is -0.134. The van der Waals surface area contributed by atoms with Gasteiger partial charge in [-0.1, -0.05) is 6.92 Å². The van der Waals surface area contributed by atoms with Gasteiger partial charge in [0.1, 0.15) is 6.04 Å². The number of thiophene rings is 1. The zero-order valence-electron chi connectivity index (χ0n) is 17.9. The van der Waals surface area contributed by atoms with E-state index in [4.69, 9.17) is 11.1 Å². The number of carbonyl (C=O) groups is 3. The van der Waals surface area contributed by atoms with Crippen LogP contribution in [0.3, 0.4) is 0 Å². The number of amides is 3. The molecule has 0 aliphatic carbocycles. The van der Waals surface area contributed by atoms with Gasteiger partial charge in [0, 0.05) is 55.1 Å². The minimum atomic E-state index is -0.656. The summed E-state index contributed by atoms with van der Waals surface area (Å²) in [6.45, 7) is 2.83. The van der Waals surface area contributed by atoms with Gasteiger partial charge in [-0.15, -0.1) is 11.3 Å². The number of nitrogens with two attached hydrogens (primary N) is 1. The second-order valence-corrected chi connectivity index (χ2v) is 8.83. The summed E-state index contributed by atoms with van der Waals surface area (Å²) in [6, 6.07) is 5.91. The molecule has 1 aliphatic heterocycles. The lowest BCUT2D eigenvalue weighted by atomic mass is 10.1. The zero-order chi connectivity index (χ0) is 22.7. The highest BCUT2D eigenvalue weighted by molar-refractivity contribution is 7.14. The van der Waals surface area contributed by atoms with Crippen LogP contribution in [-0.2, 0) is 17.8 Å². The molecule has 0 bridgehead atoms. The van der Waals surface area contributed by atoms with Gasteiger partial charge in [0.05, 0.1) is 4.88 Å². The molecule has 1 atom stereocenters. The largest absolute Gasteiger partial charge is 0.398 e. The summed E-state index contributed by atoms with van der Waals surface area (Å²) in [4.78, 5) is 43.1. The van der Waals surface area contributed by atoms with Crippen LogP contribution < -0.4 is 11.1 Å². The van der Waals surface area contributed by atoms with Crippen molar-refractivity contribution in [3.8, 4) is 0 Å². The zero-order valence-corrected chi connectivity index (χ0v) is 18.7. The maximum atomic E-state index is 13.1. The number of nitrogens with one attached hydrogen (secondary N) is 2. The molecule has 1 aromatic heterocycles. The third kappa shape index (κ3) is 4.77. The van der Waals surface area contributed by atoms with Gasteiger partial charge >= 0.3 is 0 Å². The second kappa shape index (κ2) is 9.30. The Morgan fingerprint density at radius 2 is 2.06 bits per heavy atom. The van der Waals surface area contributed by atoms with Crippen molar-refractivity contribution < 1.29 is 14.4 Å². The van der Waals surface area contributed by atoms with Gasteiger partial charge in [0.25, 0.3) is 11.8 Å². The Labute approximate surface area is 185 Å². The predicted molar refractivity (Wildman–Crippen MR) is 122 cm³/mol. The summed E-state index contributed by atoms with van der Waals surface area (Å²) in [5.41, 5.74) is 8.00. The van der Waals surface area contributed by atoms with Crippen LogP contribution in [0.5, 0.6) is 0 Å². The Bertz CT molecular complexity index is 1030. The quantitative estimate of drug-likeness (QED) is 0.470.